The summed E-state index contributed by atoms with van der Waals surface area (Å²) in [5.74, 6) is -5.30. The number of carbonyl (C=O) groups excluding carboxylic acids is 1. The molecule has 0 aromatic rings. The van der Waals surface area contributed by atoms with E-state index in [4.69, 9.17) is 10.2 Å². The molecule has 0 bridgehead atoms. The number of nitrogens with zero attached hydrogens (tertiary/aromatic N) is 1. The Bertz CT molecular complexity index is 410. The number of hydrogen-bond donors (Lipinski definition) is 2. The molecule has 0 aliphatic carbocycles. The molecule has 0 aromatic carbocycles. The Labute approximate surface area is 110 Å². The molecule has 1 amide bonds. The normalized spacial score (nSPS) is 23.2. The highest BCUT2D eigenvalue weighted by Crippen LogP contribution is 2.25. The van der Waals surface area contributed by atoms with Crippen LogP contribution in [0.15, 0.2) is 0 Å². The molecular formula is C10H12F3NO6. The molecule has 1 heterocycles. The molecule has 0 saturated carbocycles. The third-order valence-corrected chi connectivity index (χ3v) is 2.86. The van der Waals surface area contributed by atoms with Gasteiger partial charge in [0.1, 0.15) is 0 Å². The second-order valence-electron chi connectivity index (χ2n) is 4.29. The number of alkyl halides is 3. The fourth-order valence-electron chi connectivity index (χ4n) is 1.90. The van der Waals surface area contributed by atoms with Gasteiger partial charge in [0.25, 0.3) is 0 Å². The molecule has 1 rings (SSSR count). The van der Waals surface area contributed by atoms with Gasteiger partial charge in [-0.2, -0.15) is 13.2 Å². The summed E-state index contributed by atoms with van der Waals surface area (Å²) in [4.78, 5) is 33.9. The molecule has 1 saturated heterocycles. The van der Waals surface area contributed by atoms with Gasteiger partial charge in [-0.3, -0.25) is 9.59 Å². The number of ether oxygens (including phenoxy) is 1. The van der Waals surface area contributed by atoms with Crippen LogP contribution in [0.5, 0.6) is 0 Å². The molecule has 114 valence electrons. The average Bonchev–Trinajstić information content (AvgIpc) is 2.34. The zero-order valence-corrected chi connectivity index (χ0v) is 10.1. The number of rotatable bonds is 3. The monoisotopic (exact) mass is 299 g/mol. The van der Waals surface area contributed by atoms with E-state index >= 15 is 0 Å². The van der Waals surface area contributed by atoms with Gasteiger partial charge in [0.2, 0.25) is 0 Å². The lowest BCUT2D eigenvalue weighted by Gasteiger charge is -2.33. The Kier molecular flexibility index (Phi) is 4.79. The number of likely N-dealkylation sites (tertiary alicyclic amines) is 1. The maximum atomic E-state index is 11.9. The molecular weight excluding hydrogens is 287 g/mol. The highest BCUT2D eigenvalue weighted by atomic mass is 19.4. The first-order valence-electron chi connectivity index (χ1n) is 5.56. The van der Waals surface area contributed by atoms with E-state index in [0.29, 0.717) is 0 Å². The number of hydrogen-bond acceptors (Lipinski definition) is 4. The minimum absolute atomic E-state index is 0.159. The molecule has 0 radical (unpaired) electrons. The van der Waals surface area contributed by atoms with Gasteiger partial charge in [0, 0.05) is 13.1 Å². The highest BCUT2D eigenvalue weighted by Gasteiger charge is 2.41. The Morgan fingerprint density at radius 1 is 1.15 bits per heavy atom. The van der Waals surface area contributed by atoms with Crippen LogP contribution < -0.4 is 0 Å². The van der Waals surface area contributed by atoms with Crippen molar-refractivity contribution < 1.29 is 42.5 Å². The maximum absolute atomic E-state index is 11.9. The van der Waals surface area contributed by atoms with Crippen LogP contribution in [0.4, 0.5) is 18.0 Å². The van der Waals surface area contributed by atoms with Crippen LogP contribution in [0.1, 0.15) is 6.42 Å². The number of piperidine rings is 1. The quantitative estimate of drug-likeness (QED) is 0.798. The zero-order valence-electron chi connectivity index (χ0n) is 10.1. The van der Waals surface area contributed by atoms with Crippen molar-refractivity contribution >= 4 is 18.0 Å². The number of amides is 1. The predicted octanol–water partition coefficient (Wildman–Crippen LogP) is 0.793. The van der Waals surface area contributed by atoms with E-state index in [-0.39, 0.29) is 13.0 Å². The minimum atomic E-state index is -4.68. The summed E-state index contributed by atoms with van der Waals surface area (Å²) in [5.41, 5.74) is 0. The molecule has 0 spiro atoms. The fourth-order valence-corrected chi connectivity index (χ4v) is 1.90. The van der Waals surface area contributed by atoms with Crippen molar-refractivity contribution in [1.29, 1.82) is 0 Å². The summed E-state index contributed by atoms with van der Waals surface area (Å²) in [5, 5.41) is 17.7. The van der Waals surface area contributed by atoms with Gasteiger partial charge in [0.15, 0.2) is 6.61 Å². The Hall–Kier alpha value is -2.00. The minimum Gasteiger partial charge on any atom is -0.481 e. The summed E-state index contributed by atoms with van der Waals surface area (Å²) in [7, 11) is 0. The smallest absolute Gasteiger partial charge is 0.422 e. The van der Waals surface area contributed by atoms with Crippen LogP contribution >= 0.6 is 0 Å². The molecule has 1 fully saturated rings. The van der Waals surface area contributed by atoms with Crippen LogP contribution in [0.2, 0.25) is 0 Å². The number of halogens is 3. The Morgan fingerprint density at radius 2 is 1.70 bits per heavy atom. The number of carboxylic acid groups (broad SMARTS) is 2. The molecule has 1 aliphatic rings. The first kappa shape index (κ1) is 16.1. The summed E-state index contributed by atoms with van der Waals surface area (Å²) in [6.07, 6.45) is -6.15. The van der Waals surface area contributed by atoms with Crippen molar-refractivity contribution in [3.8, 4) is 0 Å². The average molecular weight is 299 g/mol. The van der Waals surface area contributed by atoms with E-state index in [1.165, 1.54) is 0 Å². The Morgan fingerprint density at radius 3 is 2.15 bits per heavy atom. The highest BCUT2D eigenvalue weighted by molar-refractivity contribution is 5.81. The van der Waals surface area contributed by atoms with E-state index in [1.807, 2.05) is 0 Å². The topological polar surface area (TPSA) is 104 Å². The second-order valence-corrected chi connectivity index (χ2v) is 4.29. The summed E-state index contributed by atoms with van der Waals surface area (Å²) < 4.78 is 39.7. The zero-order chi connectivity index (χ0) is 15.5. The molecule has 2 N–H and O–H groups in total. The first-order chi connectivity index (χ1) is 9.11. The third-order valence-electron chi connectivity index (χ3n) is 2.86. The van der Waals surface area contributed by atoms with E-state index in [9.17, 15) is 27.6 Å². The second kappa shape index (κ2) is 5.97. The van der Waals surface area contributed by atoms with Crippen molar-refractivity contribution in [2.75, 3.05) is 19.7 Å². The molecule has 2 atom stereocenters. The van der Waals surface area contributed by atoms with E-state index in [2.05, 4.69) is 4.74 Å². The van der Waals surface area contributed by atoms with Crippen molar-refractivity contribution in [2.45, 2.75) is 12.6 Å². The van der Waals surface area contributed by atoms with Crippen LogP contribution in [0, 0.1) is 11.8 Å². The fraction of sp³-hybridized carbons (Fsp3) is 0.700. The van der Waals surface area contributed by atoms with Crippen LogP contribution in [-0.4, -0.2) is 59.0 Å². The van der Waals surface area contributed by atoms with Crippen LogP contribution in [0.25, 0.3) is 0 Å². The molecule has 10 heteroatoms. The SMILES string of the molecule is O=C(O)C1CCN(C(=O)OCC(F)(F)F)CC1C(=O)O. The molecule has 0 aromatic heterocycles. The van der Waals surface area contributed by atoms with Gasteiger partial charge in [-0.15, -0.1) is 0 Å². The Balaban J connectivity index is 2.64. The van der Waals surface area contributed by atoms with Gasteiger partial charge < -0.3 is 19.8 Å². The lowest BCUT2D eigenvalue weighted by molar-refractivity contribution is -0.165. The van der Waals surface area contributed by atoms with E-state index < -0.39 is 49.2 Å². The third kappa shape index (κ3) is 4.28. The van der Waals surface area contributed by atoms with Crippen molar-refractivity contribution in [2.24, 2.45) is 11.8 Å². The molecule has 2 unspecified atom stereocenters. The largest absolute Gasteiger partial charge is 0.481 e. The van der Waals surface area contributed by atoms with Crippen LogP contribution in [0.3, 0.4) is 0 Å². The van der Waals surface area contributed by atoms with Gasteiger partial charge in [0.05, 0.1) is 11.8 Å². The van der Waals surface area contributed by atoms with E-state index in [1.54, 1.807) is 0 Å². The van der Waals surface area contributed by atoms with Gasteiger partial charge in [-0.25, -0.2) is 4.79 Å². The first-order valence-corrected chi connectivity index (χ1v) is 5.56. The number of carbonyl (C=O) groups is 3. The number of aliphatic carboxylic acids is 2. The van der Waals surface area contributed by atoms with Crippen molar-refractivity contribution in [1.82, 2.24) is 4.90 Å². The van der Waals surface area contributed by atoms with Crippen molar-refractivity contribution in [3.63, 3.8) is 0 Å². The van der Waals surface area contributed by atoms with Gasteiger partial charge in [-0.05, 0) is 6.42 Å². The maximum Gasteiger partial charge on any atom is 0.422 e. The van der Waals surface area contributed by atoms with Crippen molar-refractivity contribution in [3.05, 3.63) is 0 Å². The van der Waals surface area contributed by atoms with E-state index in [0.717, 1.165) is 4.90 Å². The molecule has 1 aliphatic heterocycles. The predicted molar refractivity (Wildman–Crippen MR) is 55.8 cm³/mol. The number of carboxylic acids is 2. The summed E-state index contributed by atoms with van der Waals surface area (Å²) in [6.45, 7) is -2.44. The van der Waals surface area contributed by atoms with Crippen LogP contribution in [-0.2, 0) is 14.3 Å². The lowest BCUT2D eigenvalue weighted by Crippen LogP contribution is -2.49. The lowest BCUT2D eigenvalue weighted by atomic mass is 9.86. The molecule has 20 heavy (non-hydrogen) atoms. The standard InChI is InChI=1S/C10H12F3NO6/c11-10(12,13)4-20-9(19)14-2-1-5(7(15)16)6(3-14)8(17)18/h5-6H,1-4H2,(H,15,16)(H,17,18). The molecule has 7 nitrogen and oxygen atoms in total. The summed E-state index contributed by atoms with van der Waals surface area (Å²) in [6, 6.07) is 0. The summed E-state index contributed by atoms with van der Waals surface area (Å²) >= 11 is 0. The van der Waals surface area contributed by atoms with Gasteiger partial charge in [-0.1, -0.05) is 0 Å². The van der Waals surface area contributed by atoms with Gasteiger partial charge >= 0.3 is 24.2 Å².